The first-order valence-electron chi connectivity index (χ1n) is 7.23. The van der Waals surface area contributed by atoms with Crippen LogP contribution in [-0.4, -0.2) is 22.1 Å². The third-order valence-corrected chi connectivity index (χ3v) is 6.35. The molecular formula is C16H22N2O2. The molecule has 0 aromatic carbocycles. The highest BCUT2D eigenvalue weighted by molar-refractivity contribution is 5.96. The van der Waals surface area contributed by atoms with Crippen molar-refractivity contribution in [1.29, 1.82) is 0 Å². The van der Waals surface area contributed by atoms with Gasteiger partial charge in [-0.3, -0.25) is 9.78 Å². The van der Waals surface area contributed by atoms with Crippen molar-refractivity contribution < 1.29 is 9.90 Å². The van der Waals surface area contributed by atoms with E-state index in [1.807, 2.05) is 0 Å². The fraction of sp³-hybridized carbons (Fsp3) is 0.625. The first-order chi connectivity index (χ1) is 9.33. The topological polar surface area (TPSA) is 62.2 Å². The summed E-state index contributed by atoms with van der Waals surface area (Å²) in [5, 5.41) is 13.4. The number of anilines is 1. The van der Waals surface area contributed by atoms with Crippen molar-refractivity contribution in [3.8, 4) is 0 Å². The van der Waals surface area contributed by atoms with Crippen LogP contribution in [-0.2, 0) is 4.79 Å². The smallest absolute Gasteiger partial charge is 0.231 e. The highest BCUT2D eigenvalue weighted by Gasteiger charge is 2.72. The zero-order chi connectivity index (χ0) is 14.6. The number of amides is 1. The van der Waals surface area contributed by atoms with Crippen LogP contribution in [0.2, 0.25) is 0 Å². The van der Waals surface area contributed by atoms with Gasteiger partial charge < -0.3 is 10.4 Å². The zero-order valence-electron chi connectivity index (χ0n) is 12.3. The molecule has 4 nitrogen and oxygen atoms in total. The van der Waals surface area contributed by atoms with Gasteiger partial charge in [-0.15, -0.1) is 0 Å². The summed E-state index contributed by atoms with van der Waals surface area (Å²) in [4.78, 5) is 16.8. The van der Waals surface area contributed by atoms with Crippen molar-refractivity contribution >= 4 is 11.6 Å². The number of carbonyl (C=O) groups excluding carboxylic acids is 1. The number of fused-ring (bicyclic) bond motifs is 2. The van der Waals surface area contributed by atoms with E-state index in [9.17, 15) is 9.90 Å². The van der Waals surface area contributed by atoms with Crippen molar-refractivity contribution in [1.82, 2.24) is 4.98 Å². The second-order valence-corrected chi connectivity index (χ2v) is 7.03. The largest absolute Gasteiger partial charge is 0.393 e. The number of carbonyl (C=O) groups is 1. The molecule has 1 amide bonds. The lowest BCUT2D eigenvalue weighted by atomic mass is 9.64. The molecule has 0 unspecified atom stereocenters. The van der Waals surface area contributed by atoms with Crippen LogP contribution in [0.1, 0.15) is 40.0 Å². The number of rotatable bonds is 2. The summed E-state index contributed by atoms with van der Waals surface area (Å²) in [6.07, 6.45) is 5.26. The van der Waals surface area contributed by atoms with E-state index >= 15 is 0 Å². The third-order valence-electron chi connectivity index (χ3n) is 6.35. The van der Waals surface area contributed by atoms with Crippen molar-refractivity contribution in [2.45, 2.75) is 46.1 Å². The average molecular weight is 274 g/mol. The number of nitrogens with one attached hydrogen (secondary N) is 1. The van der Waals surface area contributed by atoms with Gasteiger partial charge in [-0.2, -0.15) is 0 Å². The first kappa shape index (κ1) is 13.6. The fourth-order valence-electron chi connectivity index (χ4n) is 4.32. The van der Waals surface area contributed by atoms with Gasteiger partial charge in [-0.05, 0) is 42.2 Å². The van der Waals surface area contributed by atoms with Gasteiger partial charge in [0.15, 0.2) is 0 Å². The van der Waals surface area contributed by atoms with Gasteiger partial charge in [0.05, 0.1) is 11.5 Å². The number of aliphatic hydroxyl groups excluding tert-OH is 1. The molecule has 1 heterocycles. The van der Waals surface area contributed by atoms with Gasteiger partial charge in [0.25, 0.3) is 0 Å². The number of nitrogens with zero attached hydrogens (tertiary/aromatic N) is 1. The lowest BCUT2D eigenvalue weighted by Crippen LogP contribution is -2.43. The van der Waals surface area contributed by atoms with Crippen LogP contribution in [0.3, 0.4) is 0 Å². The molecule has 0 spiro atoms. The summed E-state index contributed by atoms with van der Waals surface area (Å²) in [5.41, 5.74) is -0.0611. The highest BCUT2D eigenvalue weighted by Crippen LogP contribution is 2.72. The summed E-state index contributed by atoms with van der Waals surface area (Å²) in [6.45, 7) is 6.37. The number of hydrogen-bond acceptors (Lipinski definition) is 3. The van der Waals surface area contributed by atoms with Crippen molar-refractivity contribution in [2.75, 3.05) is 5.32 Å². The van der Waals surface area contributed by atoms with E-state index in [2.05, 4.69) is 31.1 Å². The van der Waals surface area contributed by atoms with Crippen LogP contribution in [0.15, 0.2) is 24.5 Å². The molecule has 0 radical (unpaired) electrons. The lowest BCUT2D eigenvalue weighted by molar-refractivity contribution is -0.130. The van der Waals surface area contributed by atoms with E-state index in [1.54, 1.807) is 24.5 Å². The maximum Gasteiger partial charge on any atom is 0.231 e. The molecule has 0 saturated heterocycles. The minimum Gasteiger partial charge on any atom is -0.393 e. The minimum absolute atomic E-state index is 0.0361. The van der Waals surface area contributed by atoms with Crippen LogP contribution in [0.4, 0.5) is 5.69 Å². The molecule has 108 valence electrons. The molecule has 2 aliphatic rings. The predicted molar refractivity (Wildman–Crippen MR) is 77.0 cm³/mol. The Kier molecular flexibility index (Phi) is 2.74. The summed E-state index contributed by atoms with van der Waals surface area (Å²) < 4.78 is 0. The molecule has 2 saturated carbocycles. The second-order valence-electron chi connectivity index (χ2n) is 7.03. The van der Waals surface area contributed by atoms with E-state index in [0.717, 1.165) is 18.5 Å². The Bertz CT molecular complexity index is 543. The van der Waals surface area contributed by atoms with Crippen LogP contribution < -0.4 is 5.32 Å². The number of pyridine rings is 1. The Hall–Kier alpha value is -1.42. The summed E-state index contributed by atoms with van der Waals surface area (Å²) in [7, 11) is 0. The second kappa shape index (κ2) is 4.04. The normalized spacial score (nSPS) is 37.9. The average Bonchev–Trinajstić information content (AvgIpc) is 2.70. The lowest BCUT2D eigenvalue weighted by Gasteiger charge is -2.40. The molecule has 2 aliphatic carbocycles. The molecule has 2 fully saturated rings. The zero-order valence-corrected chi connectivity index (χ0v) is 12.3. The van der Waals surface area contributed by atoms with Gasteiger partial charge in [0.1, 0.15) is 0 Å². The molecular weight excluding hydrogens is 252 g/mol. The Morgan fingerprint density at radius 3 is 2.45 bits per heavy atom. The molecule has 2 N–H and O–H groups in total. The fourth-order valence-corrected chi connectivity index (χ4v) is 4.32. The Balaban J connectivity index is 1.92. The Labute approximate surface area is 119 Å². The molecule has 2 bridgehead atoms. The van der Waals surface area contributed by atoms with E-state index in [1.165, 1.54) is 0 Å². The van der Waals surface area contributed by atoms with E-state index < -0.39 is 11.5 Å². The Morgan fingerprint density at radius 2 is 1.95 bits per heavy atom. The van der Waals surface area contributed by atoms with Crippen molar-refractivity contribution in [3.05, 3.63) is 24.5 Å². The molecule has 1 aromatic heterocycles. The molecule has 4 heteroatoms. The monoisotopic (exact) mass is 274 g/mol. The van der Waals surface area contributed by atoms with Gasteiger partial charge in [-0.25, -0.2) is 0 Å². The standard InChI is InChI=1S/C16H22N2O2/c1-14(2)15(3)6-7-16(14,10-12(15)19)13(20)18-11-4-8-17-9-5-11/h4-5,8-9,12,19H,6-7,10H2,1-3H3,(H,17,18,20)/t12-,15-,16-/m1/s1. The quantitative estimate of drug-likeness (QED) is 0.871. The predicted octanol–water partition coefficient (Wildman–Crippen LogP) is 2.60. The first-order valence-corrected chi connectivity index (χ1v) is 7.23. The Morgan fingerprint density at radius 1 is 1.30 bits per heavy atom. The van der Waals surface area contributed by atoms with Gasteiger partial charge >= 0.3 is 0 Å². The minimum atomic E-state index is -0.468. The number of aliphatic hydroxyl groups is 1. The highest BCUT2D eigenvalue weighted by atomic mass is 16.3. The molecule has 1 aromatic rings. The summed E-state index contributed by atoms with van der Waals surface area (Å²) in [6, 6.07) is 3.59. The molecule has 0 aliphatic heterocycles. The van der Waals surface area contributed by atoms with Gasteiger partial charge in [-0.1, -0.05) is 20.8 Å². The van der Waals surface area contributed by atoms with Crippen molar-refractivity contribution in [3.63, 3.8) is 0 Å². The van der Waals surface area contributed by atoms with E-state index in [-0.39, 0.29) is 16.7 Å². The third kappa shape index (κ3) is 1.46. The van der Waals surface area contributed by atoms with Crippen LogP contribution in [0.25, 0.3) is 0 Å². The SMILES string of the molecule is CC1(C)[C@]2(C(=O)Nc3ccncc3)CC[C@]1(C)[C@H](O)C2. The molecule has 3 rings (SSSR count). The van der Waals surface area contributed by atoms with Crippen molar-refractivity contribution in [2.24, 2.45) is 16.2 Å². The maximum atomic E-state index is 12.9. The molecule has 3 atom stereocenters. The van der Waals surface area contributed by atoms with E-state index in [4.69, 9.17) is 0 Å². The van der Waals surface area contributed by atoms with Gasteiger partial charge in [0, 0.05) is 18.1 Å². The van der Waals surface area contributed by atoms with E-state index in [0.29, 0.717) is 6.42 Å². The molecule has 20 heavy (non-hydrogen) atoms. The number of hydrogen-bond donors (Lipinski definition) is 2. The van der Waals surface area contributed by atoms with Crippen LogP contribution >= 0.6 is 0 Å². The summed E-state index contributed by atoms with van der Waals surface area (Å²) in [5.74, 6) is 0.0361. The summed E-state index contributed by atoms with van der Waals surface area (Å²) >= 11 is 0. The van der Waals surface area contributed by atoms with Crippen LogP contribution in [0.5, 0.6) is 0 Å². The maximum absolute atomic E-state index is 12.9. The van der Waals surface area contributed by atoms with Gasteiger partial charge in [0.2, 0.25) is 5.91 Å². The number of aromatic nitrogens is 1. The van der Waals surface area contributed by atoms with Crippen LogP contribution in [0, 0.1) is 16.2 Å².